The van der Waals surface area contributed by atoms with E-state index in [0.717, 1.165) is 25.9 Å². The van der Waals surface area contributed by atoms with Crippen LogP contribution in [0.4, 0.5) is 27.1 Å². The number of nitrogens with zero attached hydrogens (tertiary/aromatic N) is 5. The Morgan fingerprint density at radius 2 is 1.72 bits per heavy atom. The number of hydrogen-bond donors (Lipinski definition) is 4. The molecular weight excluding hydrogens is 585 g/mol. The number of hydrogen-bond acceptors (Lipinski definition) is 10. The number of fused-ring (bicyclic) bond motifs is 1. The van der Waals surface area contributed by atoms with Gasteiger partial charge in [-0.2, -0.15) is 0 Å². The molecule has 0 aliphatic carbocycles. The summed E-state index contributed by atoms with van der Waals surface area (Å²) in [6, 6.07) is 16.3. The van der Waals surface area contributed by atoms with Crippen LogP contribution < -0.4 is 16.0 Å². The van der Waals surface area contributed by atoms with Crippen molar-refractivity contribution in [2.24, 2.45) is 0 Å². The predicted octanol–water partition coefficient (Wildman–Crippen LogP) is 7.53. The Morgan fingerprint density at radius 1 is 0.953 bits per heavy atom. The Balaban J connectivity index is 1.48. The molecule has 3 heterocycles. The Morgan fingerprint density at radius 3 is 2.40 bits per heavy atom. The van der Waals surface area contributed by atoms with Gasteiger partial charge in [0.15, 0.2) is 5.65 Å². The summed E-state index contributed by atoms with van der Waals surface area (Å²) in [5.41, 5.74) is 2.85. The number of carboxylic acid groups (broad SMARTS) is 1. The molecule has 0 aliphatic rings. The lowest BCUT2D eigenvalue weighted by Crippen LogP contribution is -2.12. The summed E-state index contributed by atoms with van der Waals surface area (Å²) in [5.74, 6) is 0.474. The highest BCUT2D eigenvalue weighted by molar-refractivity contribution is 7.99. The predicted molar refractivity (Wildman–Crippen MR) is 170 cm³/mol. The van der Waals surface area contributed by atoms with E-state index in [1.54, 1.807) is 24.3 Å². The monoisotopic (exact) mass is 614 g/mol. The van der Waals surface area contributed by atoms with E-state index in [9.17, 15) is 9.59 Å². The second-order valence-electron chi connectivity index (χ2n) is 11.0. The molecule has 0 unspecified atom stereocenters. The minimum Gasteiger partial charge on any atom is -0.465 e. The van der Waals surface area contributed by atoms with Gasteiger partial charge in [-0.3, -0.25) is 15.4 Å². The number of amides is 2. The fourth-order valence-corrected chi connectivity index (χ4v) is 5.65. The van der Waals surface area contributed by atoms with Crippen LogP contribution in [0.3, 0.4) is 0 Å². The third kappa shape index (κ3) is 7.24. The molecule has 2 aromatic carbocycles. The third-order valence-corrected chi connectivity index (χ3v) is 8.57. The molecule has 5 aromatic rings. The maximum atomic E-state index is 13.3. The maximum Gasteiger partial charge on any atom is 0.409 e. The van der Waals surface area contributed by atoms with Crippen molar-refractivity contribution in [2.75, 3.05) is 16.0 Å². The Kier molecular flexibility index (Phi) is 8.55. The summed E-state index contributed by atoms with van der Waals surface area (Å²) in [5, 5.41) is 27.9. The zero-order valence-corrected chi connectivity index (χ0v) is 25.8. The van der Waals surface area contributed by atoms with Gasteiger partial charge < -0.3 is 10.4 Å². The van der Waals surface area contributed by atoms with Gasteiger partial charge in [0.1, 0.15) is 17.2 Å². The average Bonchev–Trinajstić information content (AvgIpc) is 3.44. The molecule has 2 amide bonds. The first-order chi connectivity index (χ1) is 20.5. The van der Waals surface area contributed by atoms with Gasteiger partial charge in [-0.15, -0.1) is 10.2 Å². The van der Waals surface area contributed by atoms with E-state index in [1.165, 1.54) is 29.4 Å². The number of nitrogens with one attached hydrogen (secondary N) is 3. The van der Waals surface area contributed by atoms with Gasteiger partial charge in [0.05, 0.1) is 11.1 Å². The fraction of sp³-hybridized carbons (Fsp3) is 0.233. The van der Waals surface area contributed by atoms with Crippen molar-refractivity contribution in [1.29, 1.82) is 0 Å². The molecule has 0 atom stereocenters. The summed E-state index contributed by atoms with van der Waals surface area (Å²) in [4.78, 5) is 39.5. The van der Waals surface area contributed by atoms with Gasteiger partial charge in [0, 0.05) is 32.2 Å². The van der Waals surface area contributed by atoms with Crippen LogP contribution in [0.1, 0.15) is 61.6 Å². The largest absolute Gasteiger partial charge is 0.465 e. The summed E-state index contributed by atoms with van der Waals surface area (Å²) in [6.45, 7) is 10.3. The van der Waals surface area contributed by atoms with Crippen LogP contribution in [0.2, 0.25) is 0 Å². The normalized spacial score (nSPS) is 11.5. The van der Waals surface area contributed by atoms with Crippen molar-refractivity contribution >= 4 is 68.5 Å². The van der Waals surface area contributed by atoms with Gasteiger partial charge in [-0.05, 0) is 60.5 Å². The molecule has 0 bridgehead atoms. The number of benzene rings is 2. The zero-order chi connectivity index (χ0) is 30.7. The third-order valence-electron chi connectivity index (χ3n) is 6.23. The van der Waals surface area contributed by atoms with Crippen molar-refractivity contribution in [3.8, 4) is 0 Å². The Labute approximate surface area is 256 Å². The topological polar surface area (TPSA) is 155 Å². The second-order valence-corrected chi connectivity index (χ2v) is 13.1. The first-order valence-corrected chi connectivity index (χ1v) is 15.1. The molecule has 0 saturated heterocycles. The van der Waals surface area contributed by atoms with Crippen LogP contribution in [0.25, 0.3) is 11.0 Å². The quantitative estimate of drug-likeness (QED) is 0.138. The first kappa shape index (κ1) is 29.9. The average molecular weight is 615 g/mol. The summed E-state index contributed by atoms with van der Waals surface area (Å²) in [6.07, 6.45) is 0.331. The number of aromatic nitrogens is 5. The first-order valence-electron chi connectivity index (χ1n) is 13.4. The Bertz CT molecular complexity index is 1800. The smallest absolute Gasteiger partial charge is 0.409 e. The molecule has 0 radical (unpaired) electrons. The molecule has 0 spiro atoms. The maximum absolute atomic E-state index is 13.3. The number of carbonyl (C=O) groups is 2. The van der Waals surface area contributed by atoms with Crippen LogP contribution in [-0.2, 0) is 5.41 Å². The number of pyridine rings is 1. The van der Waals surface area contributed by atoms with Gasteiger partial charge in [-0.25, -0.2) is 19.7 Å². The molecule has 0 aliphatic heterocycles. The molecule has 5 rings (SSSR count). The lowest BCUT2D eigenvalue weighted by atomic mass is 9.98. The van der Waals surface area contributed by atoms with E-state index in [4.69, 9.17) is 5.11 Å². The highest BCUT2D eigenvalue weighted by Crippen LogP contribution is 2.37. The molecular formula is C30H30N8O3S2. The molecule has 3 aromatic heterocycles. The van der Waals surface area contributed by atoms with Crippen molar-refractivity contribution in [1.82, 2.24) is 25.1 Å². The van der Waals surface area contributed by atoms with Gasteiger partial charge in [-0.1, -0.05) is 57.7 Å². The van der Waals surface area contributed by atoms with E-state index < -0.39 is 6.09 Å². The molecule has 220 valence electrons. The van der Waals surface area contributed by atoms with E-state index in [0.29, 0.717) is 33.5 Å². The van der Waals surface area contributed by atoms with Gasteiger partial charge >= 0.3 is 6.09 Å². The van der Waals surface area contributed by atoms with Crippen LogP contribution in [0.15, 0.2) is 70.7 Å². The van der Waals surface area contributed by atoms with E-state index in [-0.39, 0.29) is 17.2 Å². The van der Waals surface area contributed by atoms with Gasteiger partial charge in [0.2, 0.25) is 5.13 Å². The van der Waals surface area contributed by atoms with Gasteiger partial charge in [0.25, 0.3) is 5.91 Å². The molecule has 0 saturated carbocycles. The molecule has 43 heavy (non-hydrogen) atoms. The van der Waals surface area contributed by atoms with Crippen molar-refractivity contribution in [2.45, 2.75) is 55.7 Å². The van der Waals surface area contributed by atoms with E-state index >= 15 is 0 Å². The lowest BCUT2D eigenvalue weighted by molar-refractivity contribution is 0.102. The van der Waals surface area contributed by atoms with Crippen molar-refractivity contribution in [3.05, 3.63) is 77.2 Å². The molecule has 4 N–H and O–H groups in total. The molecule has 0 fully saturated rings. The summed E-state index contributed by atoms with van der Waals surface area (Å²) < 4.78 is 0. The highest BCUT2D eigenvalue weighted by atomic mass is 32.2. The SMILES string of the molecule is CC(C)c1ccc2c(Nc3cc(C(=O)Nc4nnc(C(C)(C)C)s4)ccc3Sc3ccc(NC(=O)O)cc3)ncnc2n1. The van der Waals surface area contributed by atoms with Crippen LogP contribution in [0.5, 0.6) is 0 Å². The van der Waals surface area contributed by atoms with Crippen molar-refractivity contribution in [3.63, 3.8) is 0 Å². The standard InChI is InChI=1S/C30H30N8O3S2/c1-16(2)21-12-11-20-24(34-21)31-15-32-25(20)35-22-14-17(26(39)36-28-38-37-27(43-28)30(3,4)5)6-13-23(22)42-19-9-7-18(8-10-19)33-29(40)41/h6-16,33H,1-5H3,(H,40,41)(H,36,38,39)(H,31,32,34,35). The second kappa shape index (κ2) is 12.3. The van der Waals surface area contributed by atoms with Crippen LogP contribution in [0, 0.1) is 0 Å². The van der Waals surface area contributed by atoms with E-state index in [1.807, 2.05) is 51.1 Å². The fourth-order valence-electron chi connectivity index (χ4n) is 3.97. The number of carbonyl (C=O) groups excluding carboxylic acids is 1. The Hall–Kier alpha value is -4.62. The highest BCUT2D eigenvalue weighted by Gasteiger charge is 2.21. The number of rotatable bonds is 8. The lowest BCUT2D eigenvalue weighted by Gasteiger charge is -2.15. The molecule has 11 nitrogen and oxygen atoms in total. The minimum atomic E-state index is -1.13. The summed E-state index contributed by atoms with van der Waals surface area (Å²) >= 11 is 2.80. The minimum absolute atomic E-state index is 0.177. The van der Waals surface area contributed by atoms with Crippen molar-refractivity contribution < 1.29 is 14.7 Å². The summed E-state index contributed by atoms with van der Waals surface area (Å²) in [7, 11) is 0. The van der Waals surface area contributed by atoms with Crippen LogP contribution >= 0.6 is 23.1 Å². The number of anilines is 4. The van der Waals surface area contributed by atoms with E-state index in [2.05, 4.69) is 54.9 Å². The zero-order valence-electron chi connectivity index (χ0n) is 24.2. The molecule has 13 heteroatoms. The van der Waals surface area contributed by atoms with Crippen LogP contribution in [-0.4, -0.2) is 42.3 Å².